The van der Waals surface area contributed by atoms with E-state index in [1.165, 1.54) is 8.61 Å². The second kappa shape index (κ2) is 8.43. The Kier molecular flexibility index (Phi) is 6.84. The number of hydrogen-bond acceptors (Lipinski definition) is 6. The van der Waals surface area contributed by atoms with E-state index in [1.54, 1.807) is 26.5 Å². The number of hydrogen-bond donors (Lipinski definition) is 1. The lowest BCUT2D eigenvalue weighted by atomic mass is 9.95. The quantitative estimate of drug-likeness (QED) is 0.752. The molecule has 13 heteroatoms. The highest BCUT2D eigenvalue weighted by molar-refractivity contribution is 8.01. The number of ether oxygens (including phenoxy) is 1. The van der Waals surface area contributed by atoms with Crippen LogP contribution in [0, 0.1) is 0 Å². The van der Waals surface area contributed by atoms with Gasteiger partial charge in [0.05, 0.1) is 6.20 Å². The maximum Gasteiger partial charge on any atom is 0.490 e. The number of carboxylic acid groups (broad SMARTS) is 1. The van der Waals surface area contributed by atoms with Crippen molar-refractivity contribution < 1.29 is 36.2 Å². The zero-order chi connectivity index (χ0) is 21.2. The lowest BCUT2D eigenvalue weighted by Gasteiger charge is -2.46. The van der Waals surface area contributed by atoms with Gasteiger partial charge in [0.1, 0.15) is 11.9 Å². The van der Waals surface area contributed by atoms with E-state index in [9.17, 15) is 21.6 Å². The molecule has 1 aromatic heterocycles. The topological polar surface area (TPSA) is 100 Å². The van der Waals surface area contributed by atoms with Gasteiger partial charge in [0.25, 0.3) is 10.2 Å². The first kappa shape index (κ1) is 22.7. The number of thioether (sulfide) groups is 1. The van der Waals surface area contributed by atoms with Crippen molar-refractivity contribution >= 4 is 27.9 Å². The lowest BCUT2D eigenvalue weighted by molar-refractivity contribution is -0.192. The molecule has 2 fully saturated rings. The molecule has 0 bridgehead atoms. The molecule has 0 aliphatic carbocycles. The molecule has 0 radical (unpaired) electrons. The number of pyridine rings is 1. The second-order valence-corrected chi connectivity index (χ2v) is 10.1. The maximum atomic E-state index is 12.0. The third-order valence-corrected chi connectivity index (χ3v) is 7.48. The second-order valence-electron chi connectivity index (χ2n) is 6.49. The van der Waals surface area contributed by atoms with Crippen LogP contribution in [-0.2, 0) is 15.0 Å². The molecule has 1 atom stereocenters. The van der Waals surface area contributed by atoms with E-state index < -0.39 is 22.4 Å². The fourth-order valence-corrected chi connectivity index (χ4v) is 5.67. The SMILES string of the molecule is CN(C)S(=O)(=O)N1CC2(CC(Oc3cccnc3)CS2)C1.O=C(O)C(F)(F)F. The minimum Gasteiger partial charge on any atom is -0.488 e. The van der Waals surface area contributed by atoms with Crippen LogP contribution >= 0.6 is 11.8 Å². The fraction of sp³-hybridized carbons (Fsp3) is 0.600. The number of alkyl halides is 3. The van der Waals surface area contributed by atoms with Crippen molar-refractivity contribution in [2.24, 2.45) is 0 Å². The van der Waals surface area contributed by atoms with Crippen molar-refractivity contribution in [3.63, 3.8) is 0 Å². The summed E-state index contributed by atoms with van der Waals surface area (Å²) in [7, 11) is -0.146. The Hall–Kier alpha value is -1.57. The zero-order valence-electron chi connectivity index (χ0n) is 15.1. The van der Waals surface area contributed by atoms with Crippen LogP contribution in [0.25, 0.3) is 0 Å². The van der Waals surface area contributed by atoms with Gasteiger partial charge in [0, 0.05) is 50.3 Å². The number of aromatic nitrogens is 1. The number of nitrogens with zero attached hydrogens (tertiary/aromatic N) is 3. The number of aliphatic carboxylic acids is 1. The number of carbonyl (C=O) groups is 1. The first-order valence-electron chi connectivity index (χ1n) is 8.04. The van der Waals surface area contributed by atoms with Gasteiger partial charge in [-0.3, -0.25) is 4.98 Å². The summed E-state index contributed by atoms with van der Waals surface area (Å²) in [4.78, 5) is 12.9. The third-order valence-electron chi connectivity index (χ3n) is 4.07. The van der Waals surface area contributed by atoms with E-state index in [0.717, 1.165) is 17.9 Å². The molecular formula is C15H20F3N3O5S2. The Bertz CT molecular complexity index is 784. The zero-order valence-corrected chi connectivity index (χ0v) is 16.7. The summed E-state index contributed by atoms with van der Waals surface area (Å²) in [5.74, 6) is -1.09. The molecule has 1 unspecified atom stereocenters. The highest BCUT2D eigenvalue weighted by atomic mass is 32.2. The van der Waals surface area contributed by atoms with Crippen LogP contribution in [0.5, 0.6) is 5.75 Å². The summed E-state index contributed by atoms with van der Waals surface area (Å²) in [6.45, 7) is 1.15. The number of halogens is 3. The molecular weight excluding hydrogens is 423 g/mol. The average Bonchev–Trinajstić information content (AvgIpc) is 2.98. The van der Waals surface area contributed by atoms with Gasteiger partial charge in [-0.25, -0.2) is 4.79 Å². The monoisotopic (exact) mass is 443 g/mol. The maximum absolute atomic E-state index is 12.0. The molecule has 1 aromatic rings. The molecule has 2 aliphatic rings. The van der Waals surface area contributed by atoms with Crippen molar-refractivity contribution in [2.75, 3.05) is 32.9 Å². The molecule has 158 valence electrons. The summed E-state index contributed by atoms with van der Waals surface area (Å²) >= 11 is 1.82. The molecule has 0 amide bonds. The Morgan fingerprint density at radius 3 is 2.50 bits per heavy atom. The van der Waals surface area contributed by atoms with Crippen molar-refractivity contribution in [3.05, 3.63) is 24.5 Å². The first-order chi connectivity index (χ1) is 12.9. The van der Waals surface area contributed by atoms with E-state index in [1.807, 2.05) is 23.9 Å². The summed E-state index contributed by atoms with van der Waals surface area (Å²) in [5.41, 5.74) is 0. The van der Waals surface area contributed by atoms with Crippen molar-refractivity contribution in [3.8, 4) is 5.75 Å². The van der Waals surface area contributed by atoms with Gasteiger partial charge < -0.3 is 9.84 Å². The highest BCUT2D eigenvalue weighted by Gasteiger charge is 2.53. The Balaban J connectivity index is 0.000000345. The summed E-state index contributed by atoms with van der Waals surface area (Å²) in [6.07, 6.45) is -0.651. The molecule has 28 heavy (non-hydrogen) atoms. The smallest absolute Gasteiger partial charge is 0.488 e. The van der Waals surface area contributed by atoms with E-state index in [0.29, 0.717) is 13.1 Å². The molecule has 0 aromatic carbocycles. The highest BCUT2D eigenvalue weighted by Crippen LogP contribution is 2.47. The van der Waals surface area contributed by atoms with Crippen molar-refractivity contribution in [2.45, 2.75) is 23.4 Å². The van der Waals surface area contributed by atoms with Crippen LogP contribution in [0.1, 0.15) is 6.42 Å². The van der Waals surface area contributed by atoms with E-state index in [4.69, 9.17) is 14.6 Å². The Morgan fingerprint density at radius 1 is 1.43 bits per heavy atom. The van der Waals surface area contributed by atoms with Crippen molar-refractivity contribution in [1.29, 1.82) is 0 Å². The summed E-state index contributed by atoms with van der Waals surface area (Å²) in [5, 5.41) is 7.12. The van der Waals surface area contributed by atoms with Gasteiger partial charge in [-0.1, -0.05) is 0 Å². The minimum absolute atomic E-state index is 0.0238. The molecule has 1 N–H and O–H groups in total. The molecule has 0 saturated carbocycles. The minimum atomic E-state index is -5.08. The standard InChI is InChI=1S/C13H19N3O3S2.C2HF3O2/c1-15(2)21(17,18)16-9-13(10-16)6-12(8-20-13)19-11-4-3-5-14-7-11;3-2(4,5)1(6)7/h3-5,7,12H,6,8-10H2,1-2H3;(H,6,7). The molecule has 2 aliphatic heterocycles. The normalized spacial score (nSPS) is 21.7. The van der Waals surface area contributed by atoms with Crippen LogP contribution in [0.2, 0.25) is 0 Å². The van der Waals surface area contributed by atoms with E-state index in [-0.39, 0.29) is 10.9 Å². The largest absolute Gasteiger partial charge is 0.490 e. The lowest BCUT2D eigenvalue weighted by Crippen LogP contribution is -2.62. The average molecular weight is 443 g/mol. The fourth-order valence-electron chi connectivity index (χ4n) is 2.70. The van der Waals surface area contributed by atoms with Gasteiger partial charge >= 0.3 is 12.1 Å². The van der Waals surface area contributed by atoms with Gasteiger partial charge in [-0.05, 0) is 12.1 Å². The van der Waals surface area contributed by atoms with E-state index in [2.05, 4.69) is 4.98 Å². The van der Waals surface area contributed by atoms with Gasteiger partial charge in [0.15, 0.2) is 0 Å². The van der Waals surface area contributed by atoms with E-state index >= 15 is 0 Å². The Labute approximate surface area is 164 Å². The molecule has 1 spiro atoms. The van der Waals surface area contributed by atoms with Crippen LogP contribution in [-0.4, -0.2) is 83.1 Å². The Morgan fingerprint density at radius 2 is 2.04 bits per heavy atom. The summed E-state index contributed by atoms with van der Waals surface area (Å²) < 4.78 is 64.5. The number of carboxylic acids is 1. The van der Waals surface area contributed by atoms with Crippen LogP contribution < -0.4 is 4.74 Å². The van der Waals surface area contributed by atoms with Gasteiger partial charge in [-0.2, -0.15) is 30.2 Å². The molecule has 3 heterocycles. The first-order valence-corrected chi connectivity index (χ1v) is 10.4. The predicted molar refractivity (Wildman–Crippen MR) is 96.3 cm³/mol. The van der Waals surface area contributed by atoms with Gasteiger partial charge in [0.2, 0.25) is 0 Å². The molecule has 8 nitrogen and oxygen atoms in total. The van der Waals surface area contributed by atoms with Gasteiger partial charge in [-0.15, -0.1) is 11.8 Å². The van der Waals surface area contributed by atoms with Crippen molar-refractivity contribution in [1.82, 2.24) is 13.6 Å². The molecule has 2 saturated heterocycles. The summed E-state index contributed by atoms with van der Waals surface area (Å²) in [6, 6.07) is 3.74. The van der Waals surface area contributed by atoms with Crippen LogP contribution in [0.15, 0.2) is 24.5 Å². The third kappa shape index (κ3) is 5.49. The predicted octanol–water partition coefficient (Wildman–Crippen LogP) is 1.46. The molecule has 3 rings (SSSR count). The number of rotatable bonds is 4. The van der Waals surface area contributed by atoms with Crippen LogP contribution in [0.4, 0.5) is 13.2 Å². The van der Waals surface area contributed by atoms with Crippen LogP contribution in [0.3, 0.4) is 0 Å².